The molecule has 2 aromatic rings. The SMILES string of the molecule is O=C(CCc1nnc(Nc2ccc(F)cc2F)o1)NC1CCNCC1. The minimum absolute atomic E-state index is 0.0146. The first-order chi connectivity index (χ1) is 12.1. The number of aryl methyl sites for hydroxylation is 1. The highest BCUT2D eigenvalue weighted by Crippen LogP contribution is 2.20. The zero-order chi connectivity index (χ0) is 17.6. The highest BCUT2D eigenvalue weighted by atomic mass is 19.1. The number of carbonyl (C=O) groups is 1. The molecule has 1 aliphatic heterocycles. The molecule has 2 heterocycles. The summed E-state index contributed by atoms with van der Waals surface area (Å²) in [5, 5.41) is 16.4. The van der Waals surface area contributed by atoms with Gasteiger partial charge in [0.05, 0.1) is 5.69 Å². The van der Waals surface area contributed by atoms with E-state index in [0.29, 0.717) is 0 Å². The van der Waals surface area contributed by atoms with Crippen LogP contribution in [0.3, 0.4) is 0 Å². The molecule has 1 aromatic carbocycles. The molecular weight excluding hydrogens is 332 g/mol. The molecule has 3 N–H and O–H groups in total. The molecule has 1 aliphatic rings. The Morgan fingerprint density at radius 1 is 1.28 bits per heavy atom. The van der Waals surface area contributed by atoms with E-state index in [0.717, 1.165) is 38.1 Å². The molecule has 1 fully saturated rings. The first kappa shape index (κ1) is 17.3. The van der Waals surface area contributed by atoms with Crippen molar-refractivity contribution in [3.63, 3.8) is 0 Å². The van der Waals surface area contributed by atoms with Gasteiger partial charge in [0, 0.05) is 24.9 Å². The highest BCUT2D eigenvalue weighted by Gasteiger charge is 2.16. The molecule has 1 amide bonds. The van der Waals surface area contributed by atoms with Crippen LogP contribution in [0.2, 0.25) is 0 Å². The molecule has 0 atom stereocenters. The van der Waals surface area contributed by atoms with Crippen molar-refractivity contribution in [1.82, 2.24) is 20.8 Å². The number of amides is 1. The molecule has 0 aliphatic carbocycles. The van der Waals surface area contributed by atoms with E-state index in [1.165, 1.54) is 6.07 Å². The van der Waals surface area contributed by atoms with Crippen molar-refractivity contribution in [2.24, 2.45) is 0 Å². The van der Waals surface area contributed by atoms with E-state index in [1.54, 1.807) is 0 Å². The fourth-order valence-corrected chi connectivity index (χ4v) is 2.60. The Hall–Kier alpha value is -2.55. The largest absolute Gasteiger partial charge is 0.408 e. The molecule has 0 spiro atoms. The van der Waals surface area contributed by atoms with E-state index in [4.69, 9.17) is 4.42 Å². The first-order valence-corrected chi connectivity index (χ1v) is 8.14. The number of hydrogen-bond donors (Lipinski definition) is 3. The van der Waals surface area contributed by atoms with Crippen LogP contribution in [-0.2, 0) is 11.2 Å². The van der Waals surface area contributed by atoms with E-state index in [-0.39, 0.29) is 42.4 Å². The summed E-state index contributed by atoms with van der Waals surface area (Å²) in [7, 11) is 0. The Morgan fingerprint density at radius 2 is 2.08 bits per heavy atom. The second kappa shape index (κ2) is 8.02. The van der Waals surface area contributed by atoms with Gasteiger partial charge in [0.15, 0.2) is 0 Å². The maximum atomic E-state index is 13.6. The minimum atomic E-state index is -0.763. The molecule has 9 heteroatoms. The number of halogens is 2. The maximum absolute atomic E-state index is 13.6. The van der Waals surface area contributed by atoms with Crippen LogP contribution in [0, 0.1) is 11.6 Å². The number of anilines is 2. The van der Waals surface area contributed by atoms with Gasteiger partial charge >= 0.3 is 6.01 Å². The zero-order valence-corrected chi connectivity index (χ0v) is 13.5. The number of rotatable bonds is 6. The normalized spacial score (nSPS) is 15.1. The molecule has 134 valence electrons. The molecule has 0 unspecified atom stereocenters. The van der Waals surface area contributed by atoms with E-state index < -0.39 is 11.6 Å². The lowest BCUT2D eigenvalue weighted by Crippen LogP contribution is -2.42. The number of piperidine rings is 1. The monoisotopic (exact) mass is 351 g/mol. The van der Waals surface area contributed by atoms with Crippen LogP contribution in [0.1, 0.15) is 25.2 Å². The summed E-state index contributed by atoms with van der Waals surface area (Å²) in [6, 6.07) is 3.30. The van der Waals surface area contributed by atoms with Crippen molar-refractivity contribution in [3.8, 4) is 0 Å². The van der Waals surface area contributed by atoms with Gasteiger partial charge in [-0.1, -0.05) is 5.10 Å². The van der Waals surface area contributed by atoms with Gasteiger partial charge in [-0.05, 0) is 38.1 Å². The second-order valence-corrected chi connectivity index (χ2v) is 5.84. The predicted molar refractivity (Wildman–Crippen MR) is 86.3 cm³/mol. The number of aromatic nitrogens is 2. The molecule has 0 radical (unpaired) electrons. The van der Waals surface area contributed by atoms with Gasteiger partial charge in [-0.2, -0.15) is 0 Å². The van der Waals surface area contributed by atoms with E-state index >= 15 is 0 Å². The van der Waals surface area contributed by atoms with E-state index in [2.05, 4.69) is 26.1 Å². The summed E-state index contributed by atoms with van der Waals surface area (Å²) in [4.78, 5) is 11.9. The Bertz CT molecular complexity index is 731. The lowest BCUT2D eigenvalue weighted by atomic mass is 10.1. The third kappa shape index (κ3) is 4.96. The van der Waals surface area contributed by atoms with Crippen LogP contribution in [0.25, 0.3) is 0 Å². The van der Waals surface area contributed by atoms with Crippen molar-refractivity contribution in [1.29, 1.82) is 0 Å². The van der Waals surface area contributed by atoms with Crippen LogP contribution >= 0.6 is 0 Å². The predicted octanol–water partition coefficient (Wildman–Crippen LogP) is 1.89. The van der Waals surface area contributed by atoms with E-state index in [1.807, 2.05) is 0 Å². The van der Waals surface area contributed by atoms with Gasteiger partial charge in [-0.15, -0.1) is 5.10 Å². The molecular formula is C16H19F2N5O2. The summed E-state index contributed by atoms with van der Waals surface area (Å²) in [5.41, 5.74) is 0.0280. The van der Waals surface area contributed by atoms with Gasteiger partial charge in [0.1, 0.15) is 11.6 Å². The summed E-state index contributed by atoms with van der Waals surface area (Å²) in [5.74, 6) is -1.23. The summed E-state index contributed by atoms with van der Waals surface area (Å²) in [6.07, 6.45) is 2.36. The number of hydrogen-bond acceptors (Lipinski definition) is 6. The molecule has 1 aromatic heterocycles. The van der Waals surface area contributed by atoms with Crippen molar-refractivity contribution in [2.75, 3.05) is 18.4 Å². The molecule has 7 nitrogen and oxygen atoms in total. The Morgan fingerprint density at radius 3 is 2.84 bits per heavy atom. The fourth-order valence-electron chi connectivity index (χ4n) is 2.60. The number of carbonyl (C=O) groups excluding carboxylic acids is 1. The summed E-state index contributed by atoms with van der Waals surface area (Å²) < 4.78 is 31.8. The Balaban J connectivity index is 1.48. The topological polar surface area (TPSA) is 92.1 Å². The van der Waals surface area contributed by atoms with Gasteiger partial charge < -0.3 is 20.4 Å². The van der Waals surface area contributed by atoms with Crippen LogP contribution in [0.5, 0.6) is 0 Å². The van der Waals surface area contributed by atoms with Crippen LogP contribution < -0.4 is 16.0 Å². The summed E-state index contributed by atoms with van der Waals surface area (Å²) in [6.45, 7) is 1.81. The molecule has 0 saturated carbocycles. The van der Waals surface area contributed by atoms with Crippen molar-refractivity contribution >= 4 is 17.6 Å². The fraction of sp³-hybridized carbons (Fsp3) is 0.438. The van der Waals surface area contributed by atoms with Crippen LogP contribution in [0.15, 0.2) is 22.6 Å². The van der Waals surface area contributed by atoms with E-state index in [9.17, 15) is 13.6 Å². The standard InChI is InChI=1S/C16H19F2N5O2/c17-10-1-2-13(12(18)9-10)21-16-23-22-15(25-16)4-3-14(24)20-11-5-7-19-8-6-11/h1-2,9,11,19H,3-8H2,(H,20,24)(H,21,23). The number of nitrogens with zero attached hydrogens (tertiary/aromatic N) is 2. The van der Waals surface area contributed by atoms with Crippen LogP contribution in [-0.4, -0.2) is 35.2 Å². The average Bonchev–Trinajstić information content (AvgIpc) is 3.04. The van der Waals surface area contributed by atoms with Gasteiger partial charge in [-0.3, -0.25) is 4.79 Å². The average molecular weight is 351 g/mol. The molecule has 0 bridgehead atoms. The quantitative estimate of drug-likeness (QED) is 0.736. The Kier molecular flexibility index (Phi) is 5.54. The summed E-state index contributed by atoms with van der Waals surface area (Å²) >= 11 is 0. The zero-order valence-electron chi connectivity index (χ0n) is 13.5. The van der Waals surface area contributed by atoms with Crippen LogP contribution in [0.4, 0.5) is 20.5 Å². The van der Waals surface area contributed by atoms with Gasteiger partial charge in [0.25, 0.3) is 0 Å². The molecule has 3 rings (SSSR count). The minimum Gasteiger partial charge on any atom is -0.408 e. The number of benzene rings is 1. The van der Waals surface area contributed by atoms with Gasteiger partial charge in [-0.25, -0.2) is 8.78 Å². The third-order valence-electron chi connectivity index (χ3n) is 3.91. The third-order valence-corrected chi connectivity index (χ3v) is 3.91. The highest BCUT2D eigenvalue weighted by molar-refractivity contribution is 5.76. The van der Waals surface area contributed by atoms with Crippen molar-refractivity contribution < 1.29 is 18.0 Å². The first-order valence-electron chi connectivity index (χ1n) is 8.14. The molecule has 25 heavy (non-hydrogen) atoms. The second-order valence-electron chi connectivity index (χ2n) is 5.84. The lowest BCUT2D eigenvalue weighted by Gasteiger charge is -2.23. The van der Waals surface area contributed by atoms with Crippen molar-refractivity contribution in [3.05, 3.63) is 35.7 Å². The molecule has 1 saturated heterocycles. The van der Waals surface area contributed by atoms with Gasteiger partial charge in [0.2, 0.25) is 11.8 Å². The lowest BCUT2D eigenvalue weighted by molar-refractivity contribution is -0.122. The van der Waals surface area contributed by atoms with Crippen molar-refractivity contribution in [2.45, 2.75) is 31.7 Å². The smallest absolute Gasteiger partial charge is 0.320 e. The number of nitrogens with one attached hydrogen (secondary N) is 3. The Labute approximate surface area is 143 Å². The maximum Gasteiger partial charge on any atom is 0.320 e.